The number of benzene rings is 1. The van der Waals surface area contributed by atoms with Crippen molar-refractivity contribution in [3.05, 3.63) is 28.8 Å². The van der Waals surface area contributed by atoms with Crippen LogP contribution in [0.3, 0.4) is 0 Å². The van der Waals surface area contributed by atoms with Gasteiger partial charge in [0.15, 0.2) is 0 Å². The fraction of sp³-hybridized carbons (Fsp3) is 0.500. The summed E-state index contributed by atoms with van der Waals surface area (Å²) < 4.78 is 26.8. The van der Waals surface area contributed by atoms with Crippen LogP contribution in [-0.2, 0) is 10.0 Å². The van der Waals surface area contributed by atoms with Gasteiger partial charge in [-0.25, -0.2) is 13.1 Å². The lowest BCUT2D eigenvalue weighted by molar-refractivity contribution is 0.0102. The zero-order valence-electron chi connectivity index (χ0n) is 12.2. The molecular formula is C14H19ClN2O3S. The fourth-order valence-corrected chi connectivity index (χ4v) is 3.41. The molecule has 1 rings (SSSR count). The number of halogens is 1. The molecular weight excluding hydrogens is 312 g/mol. The van der Waals surface area contributed by atoms with E-state index in [2.05, 4.69) is 4.72 Å². The summed E-state index contributed by atoms with van der Waals surface area (Å²) in [5.74, 6) is -0.0587. The number of sulfonamides is 1. The summed E-state index contributed by atoms with van der Waals surface area (Å²) in [5.41, 5.74) is -0.869. The van der Waals surface area contributed by atoms with Crippen LogP contribution < -0.4 is 4.72 Å². The maximum Gasteiger partial charge on any atom is 0.242 e. The van der Waals surface area contributed by atoms with Gasteiger partial charge in [-0.15, -0.1) is 0 Å². The third kappa shape index (κ3) is 4.42. The second-order valence-corrected chi connectivity index (χ2v) is 7.39. The predicted molar refractivity (Wildman–Crippen MR) is 81.4 cm³/mol. The molecule has 21 heavy (non-hydrogen) atoms. The van der Waals surface area contributed by atoms with Gasteiger partial charge in [-0.3, -0.25) is 0 Å². The standard InChI is InChI=1S/C14H19ClN2O3S/c1-4-10(2)14(3,18)9-17-21(19,20)13-6-5-11(8-16)7-12(13)15/h5-7,10,17-18H,4,9H2,1-3H3. The Morgan fingerprint density at radius 2 is 2.14 bits per heavy atom. The summed E-state index contributed by atoms with van der Waals surface area (Å²) in [4.78, 5) is -0.108. The zero-order valence-corrected chi connectivity index (χ0v) is 13.8. The maximum atomic E-state index is 12.2. The SMILES string of the molecule is CCC(C)C(C)(O)CNS(=O)(=O)c1ccc(C#N)cc1Cl. The fourth-order valence-electron chi connectivity index (χ4n) is 1.72. The van der Waals surface area contributed by atoms with Crippen LogP contribution in [0.5, 0.6) is 0 Å². The Bertz CT molecular complexity index is 651. The molecule has 0 heterocycles. The molecule has 116 valence electrons. The van der Waals surface area contributed by atoms with Crippen molar-refractivity contribution in [2.45, 2.75) is 37.7 Å². The summed E-state index contributed by atoms with van der Waals surface area (Å²) >= 11 is 5.90. The van der Waals surface area contributed by atoms with Crippen molar-refractivity contribution in [3.8, 4) is 6.07 Å². The molecule has 5 nitrogen and oxygen atoms in total. The van der Waals surface area contributed by atoms with Crippen LogP contribution in [0.4, 0.5) is 0 Å². The van der Waals surface area contributed by atoms with Gasteiger partial charge < -0.3 is 5.11 Å². The molecule has 0 aliphatic carbocycles. The first-order chi connectivity index (χ1) is 9.64. The van der Waals surface area contributed by atoms with E-state index in [0.717, 1.165) is 6.42 Å². The first kappa shape index (κ1) is 17.9. The molecule has 0 aliphatic heterocycles. The smallest absolute Gasteiger partial charge is 0.242 e. The highest BCUT2D eigenvalue weighted by atomic mass is 35.5. The van der Waals surface area contributed by atoms with E-state index in [0.29, 0.717) is 0 Å². The Labute approximate surface area is 130 Å². The summed E-state index contributed by atoms with van der Waals surface area (Å²) in [6.45, 7) is 5.25. The molecule has 1 aromatic carbocycles. The van der Waals surface area contributed by atoms with Crippen molar-refractivity contribution in [2.75, 3.05) is 6.54 Å². The Hall–Kier alpha value is -1.13. The third-order valence-electron chi connectivity index (χ3n) is 3.64. The topological polar surface area (TPSA) is 90.2 Å². The molecule has 7 heteroatoms. The van der Waals surface area contributed by atoms with Gasteiger partial charge >= 0.3 is 0 Å². The highest BCUT2D eigenvalue weighted by molar-refractivity contribution is 7.89. The van der Waals surface area contributed by atoms with Gasteiger partial charge in [0.2, 0.25) is 10.0 Å². The first-order valence-electron chi connectivity index (χ1n) is 6.55. The van der Waals surface area contributed by atoms with Crippen LogP contribution in [0.2, 0.25) is 5.02 Å². The second kappa shape index (κ2) is 6.75. The van der Waals surface area contributed by atoms with Crippen LogP contribution >= 0.6 is 11.6 Å². The molecule has 0 bridgehead atoms. The van der Waals surface area contributed by atoms with Gasteiger partial charge in [0, 0.05) is 6.54 Å². The van der Waals surface area contributed by atoms with Gasteiger partial charge in [0.25, 0.3) is 0 Å². The van der Waals surface area contributed by atoms with Crippen molar-refractivity contribution >= 4 is 21.6 Å². The molecule has 2 atom stereocenters. The number of nitrogens with one attached hydrogen (secondary N) is 1. The van der Waals surface area contributed by atoms with Crippen LogP contribution in [0, 0.1) is 17.2 Å². The molecule has 2 N–H and O–H groups in total. The third-order valence-corrected chi connectivity index (χ3v) is 5.53. The molecule has 0 fully saturated rings. The molecule has 0 aromatic heterocycles. The number of hydrogen-bond acceptors (Lipinski definition) is 4. The second-order valence-electron chi connectivity index (χ2n) is 5.25. The summed E-state index contributed by atoms with van der Waals surface area (Å²) in [5, 5.41) is 19.0. The molecule has 0 aliphatic rings. The van der Waals surface area contributed by atoms with E-state index in [9.17, 15) is 13.5 Å². The molecule has 0 amide bonds. The molecule has 0 saturated heterocycles. The average Bonchev–Trinajstić information content (AvgIpc) is 2.44. The number of nitriles is 1. The van der Waals surface area contributed by atoms with Crippen molar-refractivity contribution < 1.29 is 13.5 Å². The van der Waals surface area contributed by atoms with Crippen LogP contribution in [-0.4, -0.2) is 25.7 Å². The Morgan fingerprint density at radius 1 is 1.52 bits per heavy atom. The quantitative estimate of drug-likeness (QED) is 0.837. The van der Waals surface area contributed by atoms with Crippen molar-refractivity contribution in [1.29, 1.82) is 5.26 Å². The Balaban J connectivity index is 2.96. The van der Waals surface area contributed by atoms with Crippen LogP contribution in [0.25, 0.3) is 0 Å². The van der Waals surface area contributed by atoms with Crippen LogP contribution in [0.15, 0.2) is 23.1 Å². The van der Waals surface area contributed by atoms with Gasteiger partial charge in [0.1, 0.15) is 4.90 Å². The maximum absolute atomic E-state index is 12.2. The van der Waals surface area contributed by atoms with Crippen molar-refractivity contribution in [2.24, 2.45) is 5.92 Å². The van der Waals surface area contributed by atoms with E-state index >= 15 is 0 Å². The van der Waals surface area contributed by atoms with Gasteiger partial charge in [0.05, 0.1) is 22.3 Å². The van der Waals surface area contributed by atoms with E-state index in [1.54, 1.807) is 6.92 Å². The highest BCUT2D eigenvalue weighted by Gasteiger charge is 2.29. The number of hydrogen-bond donors (Lipinski definition) is 2. The Morgan fingerprint density at radius 3 is 2.62 bits per heavy atom. The van der Waals surface area contributed by atoms with Gasteiger partial charge in [-0.05, 0) is 31.0 Å². The first-order valence-corrected chi connectivity index (χ1v) is 8.42. The summed E-state index contributed by atoms with van der Waals surface area (Å²) in [6, 6.07) is 5.84. The molecule has 1 aromatic rings. The van der Waals surface area contributed by atoms with Crippen molar-refractivity contribution in [3.63, 3.8) is 0 Å². The average molecular weight is 331 g/mol. The van der Waals surface area contributed by atoms with E-state index in [1.807, 2.05) is 19.9 Å². The van der Waals surface area contributed by atoms with E-state index in [-0.39, 0.29) is 27.9 Å². The van der Waals surface area contributed by atoms with Crippen molar-refractivity contribution in [1.82, 2.24) is 4.72 Å². The van der Waals surface area contributed by atoms with Gasteiger partial charge in [-0.2, -0.15) is 5.26 Å². The van der Waals surface area contributed by atoms with E-state index in [4.69, 9.17) is 16.9 Å². The van der Waals surface area contributed by atoms with E-state index < -0.39 is 15.6 Å². The molecule has 0 spiro atoms. The minimum absolute atomic E-state index is 0.0234. The van der Waals surface area contributed by atoms with E-state index in [1.165, 1.54) is 18.2 Å². The van der Waals surface area contributed by atoms with Crippen LogP contribution in [0.1, 0.15) is 32.8 Å². The normalized spacial score (nSPS) is 16.0. The predicted octanol–water partition coefficient (Wildman–Crippen LogP) is 2.29. The highest BCUT2D eigenvalue weighted by Crippen LogP contribution is 2.24. The number of nitrogens with zero attached hydrogens (tertiary/aromatic N) is 1. The Kier molecular flexibility index (Phi) is 5.76. The number of rotatable bonds is 6. The molecule has 0 saturated carbocycles. The summed E-state index contributed by atoms with van der Waals surface area (Å²) in [6.07, 6.45) is 0.729. The number of aliphatic hydroxyl groups is 1. The monoisotopic (exact) mass is 330 g/mol. The minimum atomic E-state index is -3.84. The molecule has 2 unspecified atom stereocenters. The van der Waals surface area contributed by atoms with Gasteiger partial charge in [-0.1, -0.05) is 31.9 Å². The molecule has 0 radical (unpaired) electrons. The lowest BCUT2D eigenvalue weighted by Crippen LogP contribution is -2.45. The zero-order chi connectivity index (χ0) is 16.3. The summed E-state index contributed by atoms with van der Waals surface area (Å²) in [7, 11) is -3.84. The lowest BCUT2D eigenvalue weighted by atomic mass is 9.89. The minimum Gasteiger partial charge on any atom is -0.389 e. The lowest BCUT2D eigenvalue weighted by Gasteiger charge is -2.29. The largest absolute Gasteiger partial charge is 0.389 e.